The highest BCUT2D eigenvalue weighted by molar-refractivity contribution is 7.98. The number of amides is 2. The fourth-order valence-corrected chi connectivity index (χ4v) is 4.70. The van der Waals surface area contributed by atoms with Crippen molar-refractivity contribution in [3.05, 3.63) is 99.6 Å². The molecule has 0 bridgehead atoms. The summed E-state index contributed by atoms with van der Waals surface area (Å²) in [5.41, 5.74) is 4.20. The summed E-state index contributed by atoms with van der Waals surface area (Å²) in [5, 5.41) is 2.14. The standard InChI is InChI=1S/C28H32ClN3O2S/c1-7-21-8-10-22(11-9-21)27(34)32(35-30-25-14-12-24(29)13-15-25)31(28(4,5)6)26(33)23-17-19(2)16-20(3)18-23/h8-18,30H,7H2,1-6H3. The van der Waals surface area contributed by atoms with E-state index in [4.69, 9.17) is 11.6 Å². The van der Waals surface area contributed by atoms with Crippen molar-refractivity contribution in [3.63, 3.8) is 0 Å². The number of halogens is 1. The van der Waals surface area contributed by atoms with E-state index in [-0.39, 0.29) is 11.8 Å². The molecule has 35 heavy (non-hydrogen) atoms. The van der Waals surface area contributed by atoms with Crippen LogP contribution < -0.4 is 4.72 Å². The van der Waals surface area contributed by atoms with Gasteiger partial charge >= 0.3 is 0 Å². The molecular weight excluding hydrogens is 478 g/mol. The predicted molar refractivity (Wildman–Crippen MR) is 146 cm³/mol. The Morgan fingerprint density at radius 3 is 1.94 bits per heavy atom. The second-order valence-corrected chi connectivity index (χ2v) is 10.7. The van der Waals surface area contributed by atoms with Crippen molar-refractivity contribution >= 4 is 41.2 Å². The van der Waals surface area contributed by atoms with Gasteiger partial charge in [0.25, 0.3) is 11.8 Å². The van der Waals surface area contributed by atoms with Crippen molar-refractivity contribution in [1.29, 1.82) is 0 Å². The van der Waals surface area contributed by atoms with Gasteiger partial charge in [0, 0.05) is 21.8 Å². The molecule has 0 unspecified atom stereocenters. The monoisotopic (exact) mass is 509 g/mol. The van der Waals surface area contributed by atoms with E-state index in [0.29, 0.717) is 16.1 Å². The molecule has 3 aromatic carbocycles. The van der Waals surface area contributed by atoms with Crippen molar-refractivity contribution in [1.82, 2.24) is 9.42 Å². The number of carbonyl (C=O) groups is 2. The van der Waals surface area contributed by atoms with Crippen molar-refractivity contribution < 1.29 is 9.59 Å². The molecule has 0 aromatic heterocycles. The molecule has 184 valence electrons. The minimum Gasteiger partial charge on any atom is -0.311 e. The third kappa shape index (κ3) is 6.80. The Bertz CT molecular complexity index is 1170. The molecule has 0 aliphatic heterocycles. The first kappa shape index (κ1) is 26.6. The molecule has 1 N–H and O–H groups in total. The van der Waals surface area contributed by atoms with Gasteiger partial charge in [0.1, 0.15) is 0 Å². The van der Waals surface area contributed by atoms with Crippen LogP contribution in [-0.4, -0.2) is 26.8 Å². The van der Waals surface area contributed by atoms with E-state index in [2.05, 4.69) is 11.6 Å². The minimum absolute atomic E-state index is 0.256. The molecule has 2 amide bonds. The number of nitrogens with one attached hydrogen (secondary N) is 1. The number of rotatable bonds is 6. The Kier molecular flexibility index (Phi) is 8.51. The summed E-state index contributed by atoms with van der Waals surface area (Å²) in [7, 11) is 0. The van der Waals surface area contributed by atoms with Crippen LogP contribution in [0.3, 0.4) is 0 Å². The SMILES string of the molecule is CCc1ccc(C(=O)N(SNc2ccc(Cl)cc2)N(C(=O)c2cc(C)cc(C)c2)C(C)(C)C)cc1. The van der Waals surface area contributed by atoms with Gasteiger partial charge in [-0.1, -0.05) is 47.9 Å². The highest BCUT2D eigenvalue weighted by Crippen LogP contribution is 2.30. The van der Waals surface area contributed by atoms with Crippen molar-refractivity contribution in [2.24, 2.45) is 0 Å². The van der Waals surface area contributed by atoms with E-state index in [0.717, 1.165) is 40.9 Å². The van der Waals surface area contributed by atoms with Gasteiger partial charge in [-0.3, -0.25) is 9.59 Å². The lowest BCUT2D eigenvalue weighted by Gasteiger charge is -2.42. The van der Waals surface area contributed by atoms with Gasteiger partial charge in [-0.2, -0.15) is 4.41 Å². The molecule has 0 spiro atoms. The number of hydrazine groups is 1. The summed E-state index contributed by atoms with van der Waals surface area (Å²) in [4.78, 5) is 27.7. The quantitative estimate of drug-likeness (QED) is 0.276. The van der Waals surface area contributed by atoms with Crippen LogP contribution in [0, 0.1) is 13.8 Å². The Morgan fingerprint density at radius 1 is 0.857 bits per heavy atom. The number of nitrogens with zero attached hydrogens (tertiary/aromatic N) is 2. The number of benzene rings is 3. The summed E-state index contributed by atoms with van der Waals surface area (Å²) in [5.74, 6) is -0.556. The van der Waals surface area contributed by atoms with Crippen molar-refractivity contribution in [3.8, 4) is 0 Å². The molecule has 5 nitrogen and oxygen atoms in total. The molecule has 0 aliphatic carbocycles. The third-order valence-electron chi connectivity index (χ3n) is 5.36. The first-order valence-corrected chi connectivity index (χ1v) is 12.7. The van der Waals surface area contributed by atoms with E-state index in [1.165, 1.54) is 9.42 Å². The zero-order valence-electron chi connectivity index (χ0n) is 21.1. The smallest absolute Gasteiger partial charge is 0.284 e. The molecule has 0 fully saturated rings. The number of carbonyl (C=O) groups excluding carboxylic acids is 2. The van der Waals surface area contributed by atoms with Crippen LogP contribution in [-0.2, 0) is 6.42 Å². The van der Waals surface area contributed by atoms with Crippen molar-refractivity contribution in [2.45, 2.75) is 53.5 Å². The first-order valence-electron chi connectivity index (χ1n) is 11.5. The lowest BCUT2D eigenvalue weighted by atomic mass is 10.0. The summed E-state index contributed by atoms with van der Waals surface area (Å²) in [6.45, 7) is 11.7. The number of aryl methyl sites for hydroxylation is 3. The van der Waals surface area contributed by atoms with Crippen LogP contribution in [0.25, 0.3) is 0 Å². The lowest BCUT2D eigenvalue weighted by Crippen LogP contribution is -2.55. The Hall–Kier alpha value is -2.96. The van der Waals surface area contributed by atoms with Gasteiger partial charge < -0.3 is 4.72 Å². The van der Waals surface area contributed by atoms with Gasteiger partial charge in [-0.05, 0) is 95.1 Å². The third-order valence-corrected chi connectivity index (χ3v) is 6.44. The van der Waals surface area contributed by atoms with Crippen LogP contribution in [0.5, 0.6) is 0 Å². The minimum atomic E-state index is -0.692. The fraction of sp³-hybridized carbons (Fsp3) is 0.286. The van der Waals surface area contributed by atoms with Gasteiger partial charge in [0.2, 0.25) is 0 Å². The Morgan fingerprint density at radius 2 is 1.43 bits per heavy atom. The maximum Gasteiger partial charge on any atom is 0.284 e. The second-order valence-electron chi connectivity index (χ2n) is 9.49. The van der Waals surface area contributed by atoms with Crippen LogP contribution in [0.1, 0.15) is 65.1 Å². The second kappa shape index (κ2) is 11.2. The lowest BCUT2D eigenvalue weighted by molar-refractivity contribution is 0.0000362. The summed E-state index contributed by atoms with van der Waals surface area (Å²) >= 11 is 7.08. The zero-order chi connectivity index (χ0) is 25.8. The number of hydrogen-bond donors (Lipinski definition) is 1. The summed E-state index contributed by atoms with van der Waals surface area (Å²) in [6, 6.07) is 20.4. The zero-order valence-corrected chi connectivity index (χ0v) is 22.6. The molecule has 0 saturated heterocycles. The van der Waals surface area contributed by atoms with Crippen LogP contribution >= 0.6 is 23.7 Å². The maximum absolute atomic E-state index is 13.9. The maximum atomic E-state index is 13.9. The van der Waals surface area contributed by atoms with E-state index in [1.54, 1.807) is 24.3 Å². The average molecular weight is 510 g/mol. The largest absolute Gasteiger partial charge is 0.311 e. The molecule has 0 atom stereocenters. The summed E-state index contributed by atoms with van der Waals surface area (Å²) < 4.78 is 4.61. The molecule has 0 saturated carbocycles. The number of hydrogen-bond acceptors (Lipinski definition) is 4. The molecule has 3 rings (SSSR count). The van der Waals surface area contributed by atoms with Gasteiger partial charge in [0.05, 0.1) is 17.7 Å². The highest BCUT2D eigenvalue weighted by atomic mass is 35.5. The topological polar surface area (TPSA) is 52.7 Å². The average Bonchev–Trinajstić information content (AvgIpc) is 2.80. The molecule has 0 radical (unpaired) electrons. The van der Waals surface area contributed by atoms with Gasteiger partial charge in [-0.25, -0.2) is 5.01 Å². The van der Waals surface area contributed by atoms with Crippen LogP contribution in [0.2, 0.25) is 5.02 Å². The first-order chi connectivity index (χ1) is 16.5. The normalized spacial score (nSPS) is 11.2. The number of anilines is 1. The van der Waals surface area contributed by atoms with Crippen molar-refractivity contribution in [2.75, 3.05) is 4.72 Å². The van der Waals surface area contributed by atoms with Gasteiger partial charge in [0.15, 0.2) is 0 Å². The Labute approximate surface area is 217 Å². The van der Waals surface area contributed by atoms with Crippen LogP contribution in [0.15, 0.2) is 66.7 Å². The van der Waals surface area contributed by atoms with Gasteiger partial charge in [-0.15, -0.1) is 0 Å². The highest BCUT2D eigenvalue weighted by Gasteiger charge is 2.37. The van der Waals surface area contributed by atoms with E-state index in [1.807, 2.05) is 77.1 Å². The Balaban J connectivity index is 2.04. The molecular formula is C28H32ClN3O2S. The molecule has 0 aliphatic rings. The molecule has 7 heteroatoms. The van der Waals surface area contributed by atoms with E-state index >= 15 is 0 Å². The summed E-state index contributed by atoms with van der Waals surface area (Å²) in [6.07, 6.45) is 0.879. The predicted octanol–water partition coefficient (Wildman–Crippen LogP) is 7.49. The van der Waals surface area contributed by atoms with E-state index in [9.17, 15) is 9.59 Å². The molecule has 3 aromatic rings. The fourth-order valence-electron chi connectivity index (χ4n) is 3.66. The van der Waals surface area contributed by atoms with Crippen LogP contribution in [0.4, 0.5) is 5.69 Å². The van der Waals surface area contributed by atoms with E-state index < -0.39 is 5.54 Å². The molecule has 0 heterocycles.